The van der Waals surface area contributed by atoms with E-state index in [1.807, 2.05) is 0 Å². The van der Waals surface area contributed by atoms with E-state index in [-0.39, 0.29) is 16.5 Å². The summed E-state index contributed by atoms with van der Waals surface area (Å²) in [7, 11) is -3.83. The van der Waals surface area contributed by atoms with Gasteiger partial charge in [0.2, 0.25) is 0 Å². The number of anilines is 1. The molecule has 112 valence electrons. The second-order valence-electron chi connectivity index (χ2n) is 4.30. The Balaban J connectivity index is 2.44. The fourth-order valence-electron chi connectivity index (χ4n) is 1.74. The van der Waals surface area contributed by atoms with Crippen molar-refractivity contribution in [3.63, 3.8) is 0 Å². The minimum Gasteiger partial charge on any atom is -0.492 e. The van der Waals surface area contributed by atoms with Crippen molar-refractivity contribution in [2.45, 2.75) is 18.7 Å². The monoisotopic (exact) mass is 326 g/mol. The van der Waals surface area contributed by atoms with Crippen LogP contribution in [0.25, 0.3) is 0 Å². The molecule has 0 unspecified atom stereocenters. The molecule has 0 saturated carbocycles. The van der Waals surface area contributed by atoms with Gasteiger partial charge in [-0.25, -0.2) is 13.4 Å². The molecule has 0 aliphatic rings. The SMILES string of the molecule is CCOc1ccc(Cl)cc1S(=O)(=O)Nc1ncccc1C. The first-order chi connectivity index (χ1) is 9.94. The topological polar surface area (TPSA) is 68.3 Å². The highest BCUT2D eigenvalue weighted by atomic mass is 35.5. The lowest BCUT2D eigenvalue weighted by Crippen LogP contribution is -2.16. The van der Waals surface area contributed by atoms with Gasteiger partial charge in [-0.05, 0) is 43.7 Å². The highest BCUT2D eigenvalue weighted by molar-refractivity contribution is 7.92. The molecule has 5 nitrogen and oxygen atoms in total. The van der Waals surface area contributed by atoms with Crippen LogP contribution in [-0.2, 0) is 10.0 Å². The lowest BCUT2D eigenvalue weighted by Gasteiger charge is -2.13. The lowest BCUT2D eigenvalue weighted by molar-refractivity contribution is 0.331. The minimum atomic E-state index is -3.83. The van der Waals surface area contributed by atoms with Crippen LogP contribution in [0.3, 0.4) is 0 Å². The standard InChI is InChI=1S/C14H15ClN2O3S/c1-3-20-12-7-6-11(15)9-13(12)21(18,19)17-14-10(2)5-4-8-16-14/h4-9H,3H2,1-2H3,(H,16,17). The minimum absolute atomic E-state index is 0.0121. The van der Waals surface area contributed by atoms with Crippen molar-refractivity contribution < 1.29 is 13.2 Å². The Hall–Kier alpha value is -1.79. The molecule has 1 aromatic carbocycles. The Labute approximate surface area is 129 Å². The van der Waals surface area contributed by atoms with Crippen molar-refractivity contribution in [3.05, 3.63) is 47.1 Å². The maximum absolute atomic E-state index is 12.5. The van der Waals surface area contributed by atoms with Crippen LogP contribution in [0.1, 0.15) is 12.5 Å². The van der Waals surface area contributed by atoms with Crippen LogP contribution >= 0.6 is 11.6 Å². The molecule has 1 aromatic heterocycles. The van der Waals surface area contributed by atoms with Crippen molar-refractivity contribution in [1.29, 1.82) is 0 Å². The van der Waals surface area contributed by atoms with E-state index < -0.39 is 10.0 Å². The van der Waals surface area contributed by atoms with E-state index in [1.54, 1.807) is 32.0 Å². The molecule has 0 bridgehead atoms. The maximum Gasteiger partial charge on any atom is 0.266 e. The number of aromatic nitrogens is 1. The molecule has 0 saturated heterocycles. The number of hydrogen-bond donors (Lipinski definition) is 1. The summed E-state index contributed by atoms with van der Waals surface area (Å²) in [6.07, 6.45) is 1.52. The Morgan fingerprint density at radius 3 is 2.76 bits per heavy atom. The first-order valence-electron chi connectivity index (χ1n) is 6.31. The summed E-state index contributed by atoms with van der Waals surface area (Å²) in [5, 5.41) is 0.316. The number of pyridine rings is 1. The Morgan fingerprint density at radius 2 is 2.10 bits per heavy atom. The van der Waals surface area contributed by atoms with E-state index in [4.69, 9.17) is 16.3 Å². The highest BCUT2D eigenvalue weighted by Crippen LogP contribution is 2.29. The van der Waals surface area contributed by atoms with Crippen molar-refractivity contribution in [1.82, 2.24) is 4.98 Å². The molecule has 0 aliphatic heterocycles. The summed E-state index contributed by atoms with van der Waals surface area (Å²) in [6.45, 7) is 3.90. The molecule has 0 aliphatic carbocycles. The molecule has 0 radical (unpaired) electrons. The molecular weight excluding hydrogens is 312 g/mol. The average Bonchev–Trinajstić information content (AvgIpc) is 2.43. The van der Waals surface area contributed by atoms with E-state index in [0.717, 1.165) is 5.56 Å². The van der Waals surface area contributed by atoms with Crippen LogP contribution in [0, 0.1) is 6.92 Å². The number of aryl methyl sites for hydroxylation is 1. The number of ether oxygens (including phenoxy) is 1. The summed E-state index contributed by atoms with van der Waals surface area (Å²) in [4.78, 5) is 4.01. The molecular formula is C14H15ClN2O3S. The van der Waals surface area contributed by atoms with Gasteiger partial charge in [0, 0.05) is 11.2 Å². The van der Waals surface area contributed by atoms with E-state index in [0.29, 0.717) is 11.6 Å². The first-order valence-corrected chi connectivity index (χ1v) is 8.17. The highest BCUT2D eigenvalue weighted by Gasteiger charge is 2.21. The fourth-order valence-corrected chi connectivity index (χ4v) is 3.23. The molecule has 0 fully saturated rings. The third kappa shape index (κ3) is 3.65. The predicted molar refractivity (Wildman–Crippen MR) is 82.4 cm³/mol. The van der Waals surface area contributed by atoms with E-state index in [2.05, 4.69) is 9.71 Å². The van der Waals surface area contributed by atoms with Crippen molar-refractivity contribution in [2.24, 2.45) is 0 Å². The van der Waals surface area contributed by atoms with Gasteiger partial charge in [-0.2, -0.15) is 0 Å². The largest absolute Gasteiger partial charge is 0.492 e. The second kappa shape index (κ2) is 6.32. The van der Waals surface area contributed by atoms with Gasteiger partial charge in [0.25, 0.3) is 10.0 Å². The zero-order valence-electron chi connectivity index (χ0n) is 11.6. The number of nitrogens with zero attached hydrogens (tertiary/aromatic N) is 1. The van der Waals surface area contributed by atoms with Crippen LogP contribution in [0.2, 0.25) is 5.02 Å². The number of benzene rings is 1. The van der Waals surface area contributed by atoms with E-state index >= 15 is 0 Å². The van der Waals surface area contributed by atoms with Crippen LogP contribution < -0.4 is 9.46 Å². The van der Waals surface area contributed by atoms with Gasteiger partial charge in [-0.3, -0.25) is 4.72 Å². The Morgan fingerprint density at radius 1 is 1.33 bits per heavy atom. The Kier molecular flexibility index (Phi) is 4.69. The fraction of sp³-hybridized carbons (Fsp3) is 0.214. The quantitative estimate of drug-likeness (QED) is 0.915. The summed E-state index contributed by atoms with van der Waals surface area (Å²) in [5.74, 6) is 0.530. The third-order valence-corrected chi connectivity index (χ3v) is 4.33. The third-order valence-electron chi connectivity index (χ3n) is 2.74. The molecule has 1 N–H and O–H groups in total. The van der Waals surface area contributed by atoms with Crippen LogP contribution in [0.15, 0.2) is 41.4 Å². The zero-order valence-corrected chi connectivity index (χ0v) is 13.2. The normalized spacial score (nSPS) is 11.2. The van der Waals surface area contributed by atoms with E-state index in [9.17, 15) is 8.42 Å². The number of hydrogen-bond acceptors (Lipinski definition) is 4. The van der Waals surface area contributed by atoms with Gasteiger partial charge in [-0.1, -0.05) is 17.7 Å². The smallest absolute Gasteiger partial charge is 0.266 e. The summed E-state index contributed by atoms with van der Waals surface area (Å²) in [6, 6.07) is 7.97. The Bertz CT molecular complexity index is 748. The number of sulfonamides is 1. The molecule has 2 aromatic rings. The maximum atomic E-state index is 12.5. The first kappa shape index (κ1) is 15.6. The predicted octanol–water partition coefficient (Wildman–Crippen LogP) is 3.24. The van der Waals surface area contributed by atoms with Crippen molar-refractivity contribution in [3.8, 4) is 5.75 Å². The van der Waals surface area contributed by atoms with Crippen LogP contribution in [0.5, 0.6) is 5.75 Å². The van der Waals surface area contributed by atoms with Crippen molar-refractivity contribution in [2.75, 3.05) is 11.3 Å². The zero-order chi connectivity index (χ0) is 15.5. The summed E-state index contributed by atoms with van der Waals surface area (Å²) in [5.41, 5.74) is 0.723. The molecule has 1 heterocycles. The number of rotatable bonds is 5. The van der Waals surface area contributed by atoms with E-state index in [1.165, 1.54) is 18.3 Å². The van der Waals surface area contributed by atoms with Gasteiger partial charge < -0.3 is 4.74 Å². The molecule has 0 spiro atoms. The van der Waals surface area contributed by atoms with Gasteiger partial charge in [0.1, 0.15) is 16.5 Å². The average molecular weight is 327 g/mol. The molecule has 0 amide bonds. The summed E-state index contributed by atoms with van der Waals surface area (Å²) < 4.78 is 32.8. The summed E-state index contributed by atoms with van der Waals surface area (Å²) >= 11 is 5.89. The van der Waals surface area contributed by atoms with Gasteiger partial charge in [-0.15, -0.1) is 0 Å². The molecule has 2 rings (SSSR count). The number of nitrogens with one attached hydrogen (secondary N) is 1. The van der Waals surface area contributed by atoms with Gasteiger partial charge in [0.15, 0.2) is 0 Å². The molecule has 7 heteroatoms. The van der Waals surface area contributed by atoms with Gasteiger partial charge >= 0.3 is 0 Å². The number of halogens is 1. The van der Waals surface area contributed by atoms with Crippen LogP contribution in [0.4, 0.5) is 5.82 Å². The van der Waals surface area contributed by atoms with Gasteiger partial charge in [0.05, 0.1) is 6.61 Å². The van der Waals surface area contributed by atoms with Crippen molar-refractivity contribution >= 4 is 27.4 Å². The second-order valence-corrected chi connectivity index (χ2v) is 6.39. The van der Waals surface area contributed by atoms with Crippen LogP contribution in [-0.4, -0.2) is 20.0 Å². The lowest BCUT2D eigenvalue weighted by atomic mass is 10.3. The molecule has 0 atom stereocenters. The molecule has 21 heavy (non-hydrogen) atoms.